The number of ether oxygens (including phenoxy) is 1. The van der Waals surface area contributed by atoms with E-state index >= 15 is 0 Å². The normalized spacial score (nSPS) is 12.3. The van der Waals surface area contributed by atoms with Crippen LogP contribution in [-0.4, -0.2) is 31.0 Å². The average molecular weight is 366 g/mol. The van der Waals surface area contributed by atoms with Crippen molar-refractivity contribution >= 4 is 5.91 Å². The second-order valence-corrected chi connectivity index (χ2v) is 6.04. The number of carbonyl (C=O) groups is 1. The standard InChI is InChI=1S/C19H21F3N2O2/c1-13(15-5-7-16(20)8-6-15)23-18(25)12-24(2)11-14-3-9-17(10-4-14)26-19(21)22/h3-10,13,19H,11-12H2,1-2H3,(H,23,25). The van der Waals surface area contributed by atoms with Crippen molar-refractivity contribution in [3.05, 3.63) is 65.5 Å². The predicted octanol–water partition coefficient (Wildman–Crippen LogP) is 3.74. The van der Waals surface area contributed by atoms with Gasteiger partial charge >= 0.3 is 6.61 Å². The summed E-state index contributed by atoms with van der Waals surface area (Å²) in [6.07, 6.45) is 0. The van der Waals surface area contributed by atoms with Crippen molar-refractivity contribution in [1.82, 2.24) is 10.2 Å². The molecule has 0 spiro atoms. The van der Waals surface area contributed by atoms with Crippen molar-refractivity contribution in [2.75, 3.05) is 13.6 Å². The molecule has 7 heteroatoms. The molecular weight excluding hydrogens is 345 g/mol. The monoisotopic (exact) mass is 366 g/mol. The molecule has 0 aliphatic carbocycles. The first-order chi connectivity index (χ1) is 12.3. The molecule has 2 aromatic rings. The van der Waals surface area contributed by atoms with Crippen LogP contribution in [0.2, 0.25) is 0 Å². The Hall–Kier alpha value is -2.54. The molecule has 1 unspecified atom stereocenters. The first kappa shape index (κ1) is 19.8. The number of benzene rings is 2. The predicted molar refractivity (Wildman–Crippen MR) is 92.4 cm³/mol. The minimum Gasteiger partial charge on any atom is -0.435 e. The van der Waals surface area contributed by atoms with Crippen LogP contribution in [0.1, 0.15) is 24.1 Å². The SMILES string of the molecule is CC(NC(=O)CN(C)Cc1ccc(OC(F)F)cc1)c1ccc(F)cc1. The fourth-order valence-electron chi connectivity index (χ4n) is 2.51. The van der Waals surface area contributed by atoms with E-state index in [4.69, 9.17) is 0 Å². The van der Waals surface area contributed by atoms with Crippen LogP contribution >= 0.6 is 0 Å². The van der Waals surface area contributed by atoms with Crippen LogP contribution in [0.25, 0.3) is 0 Å². The third-order valence-corrected chi connectivity index (χ3v) is 3.76. The summed E-state index contributed by atoms with van der Waals surface area (Å²) in [5, 5.41) is 2.86. The van der Waals surface area contributed by atoms with Gasteiger partial charge in [0.2, 0.25) is 5.91 Å². The summed E-state index contributed by atoms with van der Waals surface area (Å²) in [6.45, 7) is -0.378. The van der Waals surface area contributed by atoms with E-state index in [0.29, 0.717) is 6.54 Å². The van der Waals surface area contributed by atoms with Crippen LogP contribution in [-0.2, 0) is 11.3 Å². The lowest BCUT2D eigenvalue weighted by atomic mass is 10.1. The van der Waals surface area contributed by atoms with E-state index in [0.717, 1.165) is 11.1 Å². The quantitative estimate of drug-likeness (QED) is 0.774. The van der Waals surface area contributed by atoms with Gasteiger partial charge in [0.1, 0.15) is 11.6 Å². The maximum atomic E-state index is 12.9. The Kier molecular flexibility index (Phi) is 7.03. The van der Waals surface area contributed by atoms with Gasteiger partial charge in [-0.1, -0.05) is 24.3 Å². The molecule has 2 rings (SSSR count). The number of rotatable bonds is 8. The molecule has 1 atom stereocenters. The Labute approximate surface area is 150 Å². The molecule has 0 aliphatic heterocycles. The Morgan fingerprint density at radius 2 is 1.73 bits per heavy atom. The summed E-state index contributed by atoms with van der Waals surface area (Å²) >= 11 is 0. The summed E-state index contributed by atoms with van der Waals surface area (Å²) in [5.74, 6) is -0.392. The van der Waals surface area contributed by atoms with E-state index in [9.17, 15) is 18.0 Å². The molecule has 2 aromatic carbocycles. The van der Waals surface area contributed by atoms with Gasteiger partial charge in [-0.05, 0) is 49.4 Å². The Bertz CT molecular complexity index is 706. The second-order valence-electron chi connectivity index (χ2n) is 6.04. The first-order valence-electron chi connectivity index (χ1n) is 8.10. The lowest BCUT2D eigenvalue weighted by Crippen LogP contribution is -2.36. The van der Waals surface area contributed by atoms with E-state index < -0.39 is 6.61 Å². The maximum Gasteiger partial charge on any atom is 0.387 e. The van der Waals surface area contributed by atoms with Gasteiger partial charge in [0.25, 0.3) is 0 Å². The average Bonchev–Trinajstić information content (AvgIpc) is 2.56. The molecule has 140 valence electrons. The van der Waals surface area contributed by atoms with Gasteiger partial charge in [-0.2, -0.15) is 8.78 Å². The topological polar surface area (TPSA) is 41.6 Å². The highest BCUT2D eigenvalue weighted by Gasteiger charge is 2.12. The molecule has 0 radical (unpaired) electrons. The molecule has 0 fully saturated rings. The fraction of sp³-hybridized carbons (Fsp3) is 0.316. The molecule has 0 heterocycles. The molecule has 0 bridgehead atoms. The van der Waals surface area contributed by atoms with E-state index in [1.807, 2.05) is 6.92 Å². The molecule has 1 N–H and O–H groups in total. The number of nitrogens with one attached hydrogen (secondary N) is 1. The lowest BCUT2D eigenvalue weighted by molar-refractivity contribution is -0.122. The Morgan fingerprint density at radius 1 is 1.12 bits per heavy atom. The van der Waals surface area contributed by atoms with Gasteiger partial charge in [0, 0.05) is 6.54 Å². The molecule has 0 saturated heterocycles. The van der Waals surface area contributed by atoms with Crippen molar-refractivity contribution in [3.63, 3.8) is 0 Å². The van der Waals surface area contributed by atoms with Gasteiger partial charge < -0.3 is 10.1 Å². The summed E-state index contributed by atoms with van der Waals surface area (Å²) in [5.41, 5.74) is 1.69. The number of amides is 1. The minimum atomic E-state index is -2.85. The zero-order valence-corrected chi connectivity index (χ0v) is 14.6. The molecule has 26 heavy (non-hydrogen) atoms. The first-order valence-corrected chi connectivity index (χ1v) is 8.10. The molecule has 0 aliphatic rings. The lowest BCUT2D eigenvalue weighted by Gasteiger charge is -2.19. The van der Waals surface area contributed by atoms with E-state index in [1.54, 1.807) is 36.2 Å². The number of alkyl halides is 2. The number of hydrogen-bond donors (Lipinski definition) is 1. The van der Waals surface area contributed by atoms with E-state index in [2.05, 4.69) is 10.1 Å². The Balaban J connectivity index is 1.81. The van der Waals surface area contributed by atoms with Gasteiger partial charge in [-0.15, -0.1) is 0 Å². The highest BCUT2D eigenvalue weighted by molar-refractivity contribution is 5.78. The van der Waals surface area contributed by atoms with Crippen LogP contribution in [0.3, 0.4) is 0 Å². The third kappa shape index (κ3) is 6.40. The van der Waals surface area contributed by atoms with Crippen LogP contribution in [0, 0.1) is 5.82 Å². The van der Waals surface area contributed by atoms with Crippen LogP contribution in [0.4, 0.5) is 13.2 Å². The largest absolute Gasteiger partial charge is 0.435 e. The summed E-state index contributed by atoms with van der Waals surface area (Å²) in [6, 6.07) is 12.0. The van der Waals surface area contributed by atoms with Crippen molar-refractivity contribution < 1.29 is 22.7 Å². The minimum absolute atomic E-state index is 0.0947. The number of hydrogen-bond acceptors (Lipinski definition) is 3. The van der Waals surface area contributed by atoms with Crippen molar-refractivity contribution in [2.45, 2.75) is 26.1 Å². The molecule has 4 nitrogen and oxygen atoms in total. The summed E-state index contributed by atoms with van der Waals surface area (Å²) in [7, 11) is 1.78. The zero-order chi connectivity index (χ0) is 19.1. The van der Waals surface area contributed by atoms with Crippen molar-refractivity contribution in [1.29, 1.82) is 0 Å². The number of halogens is 3. The van der Waals surface area contributed by atoms with Crippen molar-refractivity contribution in [3.8, 4) is 5.75 Å². The summed E-state index contributed by atoms with van der Waals surface area (Å²) in [4.78, 5) is 13.9. The molecule has 0 saturated carbocycles. The van der Waals surface area contributed by atoms with E-state index in [-0.39, 0.29) is 30.1 Å². The summed E-state index contributed by atoms with van der Waals surface area (Å²) < 4.78 is 41.5. The van der Waals surface area contributed by atoms with E-state index in [1.165, 1.54) is 24.3 Å². The highest BCUT2D eigenvalue weighted by atomic mass is 19.3. The molecule has 1 amide bonds. The number of likely N-dealkylation sites (N-methyl/N-ethyl adjacent to an activating group) is 1. The van der Waals surface area contributed by atoms with Gasteiger partial charge in [0.05, 0.1) is 12.6 Å². The molecule has 0 aromatic heterocycles. The zero-order valence-electron chi connectivity index (χ0n) is 14.6. The van der Waals surface area contributed by atoms with Gasteiger partial charge in [0.15, 0.2) is 0 Å². The van der Waals surface area contributed by atoms with Crippen LogP contribution < -0.4 is 10.1 Å². The van der Waals surface area contributed by atoms with Crippen LogP contribution in [0.15, 0.2) is 48.5 Å². The fourth-order valence-corrected chi connectivity index (χ4v) is 2.51. The number of nitrogens with zero attached hydrogens (tertiary/aromatic N) is 1. The number of carbonyl (C=O) groups excluding carboxylic acids is 1. The molecular formula is C19H21F3N2O2. The van der Waals surface area contributed by atoms with Crippen LogP contribution in [0.5, 0.6) is 5.75 Å². The smallest absolute Gasteiger partial charge is 0.387 e. The second kappa shape index (κ2) is 9.24. The van der Waals surface area contributed by atoms with Gasteiger partial charge in [-0.25, -0.2) is 4.39 Å². The Morgan fingerprint density at radius 3 is 2.31 bits per heavy atom. The maximum absolute atomic E-state index is 12.9. The highest BCUT2D eigenvalue weighted by Crippen LogP contribution is 2.16. The van der Waals surface area contributed by atoms with Gasteiger partial charge in [-0.3, -0.25) is 9.69 Å². The van der Waals surface area contributed by atoms with Crippen molar-refractivity contribution in [2.24, 2.45) is 0 Å². The third-order valence-electron chi connectivity index (χ3n) is 3.76.